The lowest BCUT2D eigenvalue weighted by Gasteiger charge is -2.34. The van der Waals surface area contributed by atoms with Crippen molar-refractivity contribution in [2.24, 2.45) is 0 Å². The molecule has 246 valence electrons. The smallest absolute Gasteiger partial charge is 0.306 e. The third-order valence-corrected chi connectivity index (χ3v) is 6.71. The van der Waals surface area contributed by atoms with Crippen LogP contribution in [0.5, 0.6) is 0 Å². The number of nitrogens with zero attached hydrogens (tertiary/aromatic N) is 1. The molecule has 8 heteroatoms. The SMILES string of the molecule is CC/C=C/C/C=C/C/C=C/CCCC(=O)OC(COCCC(C(=O)[O-])[N+](C)(C)C)COC(=O)CC/C=C/CCCCCC. The molecule has 0 fully saturated rings. The van der Waals surface area contributed by atoms with E-state index in [1.165, 1.54) is 19.3 Å². The van der Waals surface area contributed by atoms with Crippen molar-refractivity contribution in [2.75, 3.05) is 41.0 Å². The first-order valence-corrected chi connectivity index (χ1v) is 16.2. The lowest BCUT2D eigenvalue weighted by molar-refractivity contribution is -0.889. The second-order valence-electron chi connectivity index (χ2n) is 11.7. The van der Waals surface area contributed by atoms with E-state index in [4.69, 9.17) is 14.2 Å². The second kappa shape index (κ2) is 26.9. The Balaban J connectivity index is 4.65. The number of ether oxygens (including phenoxy) is 3. The molecule has 0 N–H and O–H groups in total. The maximum Gasteiger partial charge on any atom is 0.306 e. The van der Waals surface area contributed by atoms with Crippen LogP contribution in [0.3, 0.4) is 0 Å². The Hall–Kier alpha value is -2.71. The van der Waals surface area contributed by atoms with Gasteiger partial charge in [0, 0.05) is 19.3 Å². The number of aliphatic carboxylic acids is 1. The predicted molar refractivity (Wildman–Crippen MR) is 171 cm³/mol. The first-order chi connectivity index (χ1) is 20.6. The third kappa shape index (κ3) is 25.5. The van der Waals surface area contributed by atoms with Crippen LogP contribution in [0.1, 0.15) is 104 Å². The van der Waals surface area contributed by atoms with Crippen LogP contribution in [0.2, 0.25) is 0 Å². The van der Waals surface area contributed by atoms with Crippen LogP contribution >= 0.6 is 0 Å². The minimum absolute atomic E-state index is 0.00722. The van der Waals surface area contributed by atoms with E-state index in [9.17, 15) is 19.5 Å². The van der Waals surface area contributed by atoms with E-state index < -0.39 is 18.1 Å². The van der Waals surface area contributed by atoms with Crippen molar-refractivity contribution >= 4 is 17.9 Å². The van der Waals surface area contributed by atoms with Gasteiger partial charge in [0.25, 0.3) is 0 Å². The molecular formula is C35H59NO7. The lowest BCUT2D eigenvalue weighted by atomic mass is 10.1. The molecule has 0 heterocycles. The Labute approximate surface area is 261 Å². The zero-order valence-corrected chi connectivity index (χ0v) is 27.6. The van der Waals surface area contributed by atoms with E-state index in [-0.39, 0.29) is 55.5 Å². The third-order valence-electron chi connectivity index (χ3n) is 6.71. The minimum atomic E-state index is -1.14. The van der Waals surface area contributed by atoms with Crippen molar-refractivity contribution in [3.05, 3.63) is 48.6 Å². The number of carboxylic acid groups (broad SMARTS) is 1. The zero-order chi connectivity index (χ0) is 32.2. The van der Waals surface area contributed by atoms with Gasteiger partial charge in [-0.1, -0.05) is 81.7 Å². The van der Waals surface area contributed by atoms with Gasteiger partial charge in [-0.05, 0) is 51.4 Å². The van der Waals surface area contributed by atoms with Crippen molar-refractivity contribution in [2.45, 2.75) is 116 Å². The summed E-state index contributed by atoms with van der Waals surface area (Å²) in [5.74, 6) is -1.89. The standard InChI is InChI=1S/C35H59NO7/c1-6-8-10-12-14-16-17-18-20-22-24-26-34(38)43-31(29-41-28-27-32(35(39)40)36(3,4)5)30-42-33(37)25-23-21-19-15-13-11-9-7-2/h8,10,14,16,18-21,31-32H,6-7,9,11-13,15,17,22-30H2,1-5H3/b10-8+,16-14+,20-18+,21-19+. The quantitative estimate of drug-likeness (QED) is 0.0489. The molecule has 0 aromatic carbocycles. The maximum absolute atomic E-state index is 12.5. The van der Waals surface area contributed by atoms with E-state index in [1.807, 2.05) is 6.08 Å². The van der Waals surface area contributed by atoms with Crippen molar-refractivity contribution in [1.82, 2.24) is 0 Å². The summed E-state index contributed by atoms with van der Waals surface area (Å²) in [6.45, 7) is 4.35. The summed E-state index contributed by atoms with van der Waals surface area (Å²) in [7, 11) is 5.35. The average molecular weight is 606 g/mol. The first-order valence-electron chi connectivity index (χ1n) is 16.2. The summed E-state index contributed by atoms with van der Waals surface area (Å²) in [5, 5.41) is 11.5. The minimum Gasteiger partial charge on any atom is -0.544 e. The molecule has 0 aliphatic heterocycles. The van der Waals surface area contributed by atoms with Crippen LogP contribution in [-0.2, 0) is 28.6 Å². The molecule has 0 aliphatic carbocycles. The molecule has 2 unspecified atom stereocenters. The molecule has 8 nitrogen and oxygen atoms in total. The molecule has 0 aromatic rings. The van der Waals surface area contributed by atoms with Gasteiger partial charge in [-0.15, -0.1) is 0 Å². The highest BCUT2D eigenvalue weighted by Crippen LogP contribution is 2.10. The Bertz CT molecular complexity index is 855. The van der Waals surface area contributed by atoms with E-state index >= 15 is 0 Å². The Morgan fingerprint density at radius 2 is 1.35 bits per heavy atom. The number of carboxylic acids is 1. The molecule has 0 aliphatic rings. The number of esters is 2. The summed E-state index contributed by atoms with van der Waals surface area (Å²) < 4.78 is 16.8. The largest absolute Gasteiger partial charge is 0.544 e. The fourth-order valence-corrected chi connectivity index (χ4v) is 4.17. The van der Waals surface area contributed by atoms with E-state index in [1.54, 1.807) is 21.1 Å². The molecule has 0 saturated heterocycles. The van der Waals surface area contributed by atoms with E-state index in [0.29, 0.717) is 12.8 Å². The zero-order valence-electron chi connectivity index (χ0n) is 27.6. The Morgan fingerprint density at radius 1 is 0.721 bits per heavy atom. The van der Waals surface area contributed by atoms with Crippen LogP contribution < -0.4 is 5.11 Å². The summed E-state index contributed by atoms with van der Waals surface area (Å²) >= 11 is 0. The van der Waals surface area contributed by atoms with Crippen LogP contribution in [0.25, 0.3) is 0 Å². The lowest BCUT2D eigenvalue weighted by Crippen LogP contribution is -2.55. The van der Waals surface area contributed by atoms with Gasteiger partial charge >= 0.3 is 11.9 Å². The number of carbonyl (C=O) groups excluding carboxylic acids is 3. The highest BCUT2D eigenvalue weighted by atomic mass is 16.6. The van der Waals surface area contributed by atoms with Crippen LogP contribution in [-0.4, -0.2) is 75.5 Å². The van der Waals surface area contributed by atoms with Gasteiger partial charge in [0.15, 0.2) is 6.10 Å². The molecule has 0 bridgehead atoms. The highest BCUT2D eigenvalue weighted by Gasteiger charge is 2.25. The average Bonchev–Trinajstić information content (AvgIpc) is 2.94. The second-order valence-corrected chi connectivity index (χ2v) is 11.7. The van der Waals surface area contributed by atoms with Gasteiger partial charge in [-0.3, -0.25) is 9.59 Å². The molecule has 2 atom stereocenters. The van der Waals surface area contributed by atoms with Crippen LogP contribution in [0.4, 0.5) is 0 Å². The summed E-state index contributed by atoms with van der Waals surface area (Å²) in [6, 6.07) is -0.736. The first kappa shape index (κ1) is 40.3. The molecule has 0 radical (unpaired) electrons. The topological polar surface area (TPSA) is 102 Å². The van der Waals surface area contributed by atoms with Crippen LogP contribution in [0, 0.1) is 0 Å². The van der Waals surface area contributed by atoms with Gasteiger partial charge in [-0.25, -0.2) is 0 Å². The summed E-state index contributed by atoms with van der Waals surface area (Å²) in [6.07, 6.45) is 27.5. The van der Waals surface area contributed by atoms with Crippen LogP contribution in [0.15, 0.2) is 48.6 Å². The van der Waals surface area contributed by atoms with Gasteiger partial charge in [-0.2, -0.15) is 0 Å². The summed E-state index contributed by atoms with van der Waals surface area (Å²) in [5.41, 5.74) is 0. The van der Waals surface area contributed by atoms with Crippen molar-refractivity contribution in [1.29, 1.82) is 0 Å². The van der Waals surface area contributed by atoms with Gasteiger partial charge in [0.2, 0.25) is 0 Å². The number of hydrogen-bond donors (Lipinski definition) is 0. The monoisotopic (exact) mass is 605 g/mol. The summed E-state index contributed by atoms with van der Waals surface area (Å²) in [4.78, 5) is 36.3. The molecule has 43 heavy (non-hydrogen) atoms. The molecule has 0 saturated carbocycles. The van der Waals surface area contributed by atoms with Crippen molar-refractivity contribution < 1.29 is 38.2 Å². The maximum atomic E-state index is 12.5. The van der Waals surface area contributed by atoms with Gasteiger partial charge < -0.3 is 28.6 Å². The Kier molecular flexibility index (Phi) is 25.2. The molecule has 0 spiro atoms. The van der Waals surface area contributed by atoms with E-state index in [0.717, 1.165) is 38.5 Å². The number of unbranched alkanes of at least 4 members (excludes halogenated alkanes) is 5. The fraction of sp³-hybridized carbons (Fsp3) is 0.686. The molecule has 0 rings (SSSR count). The highest BCUT2D eigenvalue weighted by molar-refractivity contribution is 5.70. The number of quaternary nitrogens is 1. The van der Waals surface area contributed by atoms with E-state index in [2.05, 4.69) is 56.4 Å². The predicted octanol–water partition coefficient (Wildman–Crippen LogP) is 6.01. The number of carbonyl (C=O) groups is 3. The number of likely N-dealkylation sites (N-methyl/N-ethyl adjacent to an activating group) is 1. The number of allylic oxidation sites excluding steroid dienone is 8. The Morgan fingerprint density at radius 3 is 2.00 bits per heavy atom. The molecular weight excluding hydrogens is 546 g/mol. The molecule has 0 amide bonds. The van der Waals surface area contributed by atoms with Gasteiger partial charge in [0.1, 0.15) is 12.6 Å². The fourth-order valence-electron chi connectivity index (χ4n) is 4.17. The van der Waals surface area contributed by atoms with Crippen molar-refractivity contribution in [3.63, 3.8) is 0 Å². The normalized spacial score (nSPS) is 13.8. The van der Waals surface area contributed by atoms with Gasteiger partial charge in [0.05, 0.1) is 40.3 Å². The number of hydrogen-bond acceptors (Lipinski definition) is 7. The molecule has 0 aromatic heterocycles. The number of rotatable bonds is 27. The van der Waals surface area contributed by atoms with Crippen molar-refractivity contribution in [3.8, 4) is 0 Å².